The molecule has 0 heterocycles. The topological polar surface area (TPSA) is 112 Å². The van der Waals surface area contributed by atoms with Crippen molar-refractivity contribution >= 4 is 33.2 Å². The first-order chi connectivity index (χ1) is 14.0. The molecule has 0 saturated carbocycles. The third kappa shape index (κ3) is 6.50. The molecule has 0 radical (unpaired) electrons. The van der Waals surface area contributed by atoms with Crippen LogP contribution in [0.1, 0.15) is 18.1 Å². The van der Waals surface area contributed by atoms with Gasteiger partial charge in [-0.15, -0.1) is 0 Å². The maximum absolute atomic E-state index is 11.9. The quantitative estimate of drug-likeness (QED) is 0.632. The molecule has 1 amide bonds. The Labute approximate surface area is 175 Å². The van der Waals surface area contributed by atoms with Crippen LogP contribution < -0.4 is 4.90 Å². The van der Waals surface area contributed by atoms with Crippen LogP contribution in [0, 0.1) is 0 Å². The number of rotatable bonds is 8. The summed E-state index contributed by atoms with van der Waals surface area (Å²) in [6, 6.07) is 13.4. The van der Waals surface area contributed by atoms with Gasteiger partial charge in [0, 0.05) is 25.0 Å². The van der Waals surface area contributed by atoms with Crippen molar-refractivity contribution in [2.45, 2.75) is 24.9 Å². The number of hydrogen-bond donors (Lipinski definition) is 1. The number of sulfone groups is 1. The number of hydrogen-bond acceptors (Lipinski definition) is 6. The Morgan fingerprint density at radius 3 is 1.77 bits per heavy atom. The summed E-state index contributed by atoms with van der Waals surface area (Å²) < 4.78 is 23.1. The second kappa shape index (κ2) is 9.64. The van der Waals surface area contributed by atoms with Crippen LogP contribution >= 0.6 is 0 Å². The van der Waals surface area contributed by atoms with Crippen molar-refractivity contribution in [1.82, 2.24) is 4.90 Å². The average molecular weight is 432 g/mol. The molecule has 1 N–H and O–H groups in total. The Hall–Kier alpha value is -3.04. The van der Waals surface area contributed by atoms with Crippen molar-refractivity contribution < 1.29 is 27.9 Å². The van der Waals surface area contributed by atoms with Gasteiger partial charge < -0.3 is 5.11 Å². The highest BCUT2D eigenvalue weighted by molar-refractivity contribution is 7.90. The van der Waals surface area contributed by atoms with Crippen molar-refractivity contribution in [2.75, 3.05) is 24.7 Å². The van der Waals surface area contributed by atoms with Gasteiger partial charge in [0.25, 0.3) is 0 Å². The monoisotopic (exact) mass is 432 g/mol. The predicted octanol–water partition coefficient (Wildman–Crippen LogP) is 1.73. The van der Waals surface area contributed by atoms with E-state index >= 15 is 0 Å². The highest BCUT2D eigenvalue weighted by Gasteiger charge is 2.23. The second-order valence-electron chi connectivity index (χ2n) is 7.15. The number of carboxylic acid groups (broad SMARTS) is 1. The van der Waals surface area contributed by atoms with Gasteiger partial charge in [0.2, 0.25) is 0 Å². The number of ketones is 1. The minimum atomic E-state index is -3.23. The standard InChI is InChI=1S/C21H24N2O6S/c1-15(24)12-23(20(25)21(26)27)18-8-4-16(5-9-18)13-22(2)14-17-6-10-19(11-7-17)30(3,28)29/h4-11H,12-14H2,1-3H3,(H,26,27). The lowest BCUT2D eigenvalue weighted by atomic mass is 10.1. The minimum Gasteiger partial charge on any atom is -0.474 e. The lowest BCUT2D eigenvalue weighted by Crippen LogP contribution is -2.39. The first-order valence-electron chi connectivity index (χ1n) is 9.08. The third-order valence-corrected chi connectivity index (χ3v) is 5.44. The SMILES string of the molecule is CC(=O)CN(C(=O)C(=O)O)c1ccc(CN(C)Cc2ccc(S(C)(=O)=O)cc2)cc1. The zero-order chi connectivity index (χ0) is 22.5. The van der Waals surface area contributed by atoms with E-state index in [4.69, 9.17) is 5.11 Å². The van der Waals surface area contributed by atoms with Gasteiger partial charge in [0.1, 0.15) is 5.78 Å². The molecule has 0 aromatic heterocycles. The molecule has 0 saturated heterocycles. The molecular formula is C21H24N2O6S. The molecule has 0 aliphatic heterocycles. The Kier molecular flexibility index (Phi) is 7.47. The normalized spacial score (nSPS) is 11.3. The van der Waals surface area contributed by atoms with Gasteiger partial charge in [-0.05, 0) is 49.4 Å². The van der Waals surface area contributed by atoms with E-state index in [1.165, 1.54) is 13.2 Å². The molecule has 2 aromatic carbocycles. The highest BCUT2D eigenvalue weighted by atomic mass is 32.2. The van der Waals surface area contributed by atoms with Crippen LogP contribution in [0.5, 0.6) is 0 Å². The van der Waals surface area contributed by atoms with E-state index in [2.05, 4.69) is 0 Å². The average Bonchev–Trinajstić information content (AvgIpc) is 2.65. The molecule has 160 valence electrons. The molecule has 0 aliphatic rings. The summed E-state index contributed by atoms with van der Waals surface area (Å²) in [4.78, 5) is 37.5. The predicted molar refractivity (Wildman–Crippen MR) is 112 cm³/mol. The number of anilines is 1. The van der Waals surface area contributed by atoms with Crippen molar-refractivity contribution in [3.8, 4) is 0 Å². The summed E-state index contributed by atoms with van der Waals surface area (Å²) in [5.74, 6) is -3.11. The van der Waals surface area contributed by atoms with Crippen LogP contribution in [-0.2, 0) is 37.3 Å². The van der Waals surface area contributed by atoms with E-state index in [9.17, 15) is 22.8 Å². The summed E-state index contributed by atoms with van der Waals surface area (Å²) in [5.41, 5.74) is 2.22. The summed E-state index contributed by atoms with van der Waals surface area (Å²) in [7, 11) is -1.32. The molecule has 2 rings (SSSR count). The highest BCUT2D eigenvalue weighted by Crippen LogP contribution is 2.18. The second-order valence-corrected chi connectivity index (χ2v) is 9.17. The van der Waals surface area contributed by atoms with E-state index in [-0.39, 0.29) is 17.2 Å². The Bertz CT molecular complexity index is 1030. The summed E-state index contributed by atoms with van der Waals surface area (Å²) in [5, 5.41) is 8.96. The molecule has 0 unspecified atom stereocenters. The maximum Gasteiger partial charge on any atom is 0.394 e. The number of Topliss-reactive ketones (excluding diaryl/α,β-unsaturated/α-hetero) is 1. The maximum atomic E-state index is 11.9. The van der Waals surface area contributed by atoms with E-state index in [0.717, 1.165) is 16.0 Å². The molecule has 0 atom stereocenters. The molecule has 0 bridgehead atoms. The largest absolute Gasteiger partial charge is 0.474 e. The summed E-state index contributed by atoms with van der Waals surface area (Å²) in [6.45, 7) is 2.15. The fourth-order valence-corrected chi connectivity index (χ4v) is 3.55. The Morgan fingerprint density at radius 2 is 1.37 bits per heavy atom. The van der Waals surface area contributed by atoms with Gasteiger partial charge in [-0.1, -0.05) is 24.3 Å². The van der Waals surface area contributed by atoms with Crippen LogP contribution in [-0.4, -0.2) is 55.9 Å². The Morgan fingerprint density at radius 1 is 0.900 bits per heavy atom. The third-order valence-electron chi connectivity index (χ3n) is 4.31. The molecule has 0 spiro atoms. The molecule has 0 fully saturated rings. The van der Waals surface area contributed by atoms with Gasteiger partial charge in [-0.3, -0.25) is 19.4 Å². The van der Waals surface area contributed by atoms with Gasteiger partial charge >= 0.3 is 11.9 Å². The lowest BCUT2D eigenvalue weighted by molar-refractivity contribution is -0.148. The summed E-state index contributed by atoms with van der Waals surface area (Å²) in [6.07, 6.45) is 1.17. The van der Waals surface area contributed by atoms with Crippen LogP contribution in [0.25, 0.3) is 0 Å². The molecular weight excluding hydrogens is 408 g/mol. The summed E-state index contributed by atoms with van der Waals surface area (Å²) >= 11 is 0. The van der Waals surface area contributed by atoms with Gasteiger partial charge in [-0.2, -0.15) is 0 Å². The van der Waals surface area contributed by atoms with Gasteiger partial charge in [0.05, 0.1) is 11.4 Å². The number of amides is 1. The fraction of sp³-hybridized carbons (Fsp3) is 0.286. The van der Waals surface area contributed by atoms with Crippen LogP contribution in [0.2, 0.25) is 0 Å². The smallest absolute Gasteiger partial charge is 0.394 e. The molecule has 2 aromatic rings. The van der Waals surface area contributed by atoms with Crippen molar-refractivity contribution in [3.63, 3.8) is 0 Å². The zero-order valence-electron chi connectivity index (χ0n) is 17.0. The van der Waals surface area contributed by atoms with Gasteiger partial charge in [0.15, 0.2) is 9.84 Å². The van der Waals surface area contributed by atoms with Gasteiger partial charge in [-0.25, -0.2) is 13.2 Å². The zero-order valence-corrected chi connectivity index (χ0v) is 17.8. The first kappa shape index (κ1) is 23.2. The van der Waals surface area contributed by atoms with Crippen LogP contribution in [0.3, 0.4) is 0 Å². The van der Waals surface area contributed by atoms with Crippen molar-refractivity contribution in [3.05, 3.63) is 59.7 Å². The minimum absolute atomic E-state index is 0.274. The fourth-order valence-electron chi connectivity index (χ4n) is 2.92. The number of carboxylic acids is 1. The van der Waals surface area contributed by atoms with E-state index in [1.54, 1.807) is 48.5 Å². The van der Waals surface area contributed by atoms with Crippen molar-refractivity contribution in [1.29, 1.82) is 0 Å². The number of benzene rings is 2. The van der Waals surface area contributed by atoms with E-state index < -0.39 is 21.7 Å². The first-order valence-corrected chi connectivity index (χ1v) is 11.0. The van der Waals surface area contributed by atoms with Crippen molar-refractivity contribution in [2.24, 2.45) is 0 Å². The molecule has 30 heavy (non-hydrogen) atoms. The number of carbonyl (C=O) groups excluding carboxylic acids is 2. The molecule has 0 aliphatic carbocycles. The number of carbonyl (C=O) groups is 3. The number of nitrogens with zero attached hydrogens (tertiary/aromatic N) is 2. The number of aliphatic carboxylic acids is 1. The van der Waals surface area contributed by atoms with E-state index in [0.29, 0.717) is 18.8 Å². The van der Waals surface area contributed by atoms with Crippen LogP contribution in [0.15, 0.2) is 53.4 Å². The molecule has 9 heteroatoms. The van der Waals surface area contributed by atoms with E-state index in [1.807, 2.05) is 11.9 Å². The van der Waals surface area contributed by atoms with Crippen LogP contribution in [0.4, 0.5) is 5.69 Å². The lowest BCUT2D eigenvalue weighted by Gasteiger charge is -2.21. The Balaban J connectivity index is 2.06. The molecule has 8 nitrogen and oxygen atoms in total.